The van der Waals surface area contributed by atoms with Crippen LogP contribution in [0.1, 0.15) is 51.8 Å². The number of carboxylic acids is 1. The maximum atomic E-state index is 13.1. The SMILES string of the molecule is CCCCC(N)=O.O=C(O)c1cnc(N2CCN(C(=O)c3ccccc3C(F)(F)F)CC2)s1. The van der Waals surface area contributed by atoms with E-state index < -0.39 is 23.6 Å². The minimum atomic E-state index is -4.60. The average Bonchev–Trinajstić information content (AvgIpc) is 3.28. The molecule has 2 heterocycles. The number of nitrogens with zero attached hydrogens (tertiary/aromatic N) is 3. The van der Waals surface area contributed by atoms with Crippen LogP contribution >= 0.6 is 11.3 Å². The molecule has 2 aromatic rings. The number of piperazine rings is 1. The first-order valence-corrected chi connectivity index (χ1v) is 11.0. The number of benzene rings is 1. The molecule has 0 radical (unpaired) electrons. The van der Waals surface area contributed by atoms with Crippen molar-refractivity contribution in [3.05, 3.63) is 46.5 Å². The minimum absolute atomic E-state index is 0.109. The molecule has 0 saturated carbocycles. The van der Waals surface area contributed by atoms with Gasteiger partial charge in [-0.2, -0.15) is 13.2 Å². The quantitative estimate of drug-likeness (QED) is 0.646. The highest BCUT2D eigenvalue weighted by molar-refractivity contribution is 7.17. The van der Waals surface area contributed by atoms with Gasteiger partial charge in [0.1, 0.15) is 4.88 Å². The van der Waals surface area contributed by atoms with Gasteiger partial charge in [0, 0.05) is 32.6 Å². The van der Waals surface area contributed by atoms with Gasteiger partial charge < -0.3 is 20.6 Å². The van der Waals surface area contributed by atoms with E-state index in [1.54, 1.807) is 0 Å². The highest BCUT2D eigenvalue weighted by Gasteiger charge is 2.36. The Labute approximate surface area is 192 Å². The Morgan fingerprint density at radius 2 is 1.79 bits per heavy atom. The Hall–Kier alpha value is -3.15. The van der Waals surface area contributed by atoms with Crippen LogP contribution in [0.2, 0.25) is 0 Å². The van der Waals surface area contributed by atoms with Crippen molar-refractivity contribution in [1.29, 1.82) is 0 Å². The molecule has 0 unspecified atom stereocenters. The Balaban J connectivity index is 0.000000479. The fourth-order valence-corrected chi connectivity index (χ4v) is 3.86. The first-order chi connectivity index (χ1) is 15.5. The number of hydrogen-bond donors (Lipinski definition) is 2. The van der Waals surface area contributed by atoms with Gasteiger partial charge in [-0.05, 0) is 18.6 Å². The monoisotopic (exact) mass is 486 g/mol. The Bertz CT molecular complexity index is 972. The number of anilines is 1. The van der Waals surface area contributed by atoms with E-state index in [-0.39, 0.29) is 29.4 Å². The number of nitrogens with two attached hydrogens (primary N) is 1. The van der Waals surface area contributed by atoms with Gasteiger partial charge in [0.2, 0.25) is 5.91 Å². The number of alkyl halides is 3. The molecule has 0 atom stereocenters. The minimum Gasteiger partial charge on any atom is -0.477 e. The highest BCUT2D eigenvalue weighted by Crippen LogP contribution is 2.32. The van der Waals surface area contributed by atoms with Crippen LogP contribution in [-0.4, -0.2) is 59.0 Å². The van der Waals surface area contributed by atoms with E-state index in [9.17, 15) is 27.6 Å². The van der Waals surface area contributed by atoms with E-state index in [1.165, 1.54) is 29.3 Å². The summed E-state index contributed by atoms with van der Waals surface area (Å²) in [6.07, 6.45) is -0.823. The van der Waals surface area contributed by atoms with Crippen LogP contribution < -0.4 is 10.6 Å². The van der Waals surface area contributed by atoms with Crippen LogP contribution in [-0.2, 0) is 11.0 Å². The molecule has 0 spiro atoms. The second-order valence-corrected chi connectivity index (χ2v) is 8.21. The van der Waals surface area contributed by atoms with Crippen molar-refractivity contribution in [2.24, 2.45) is 5.73 Å². The lowest BCUT2D eigenvalue weighted by atomic mass is 10.1. The number of amides is 2. The van der Waals surface area contributed by atoms with Crippen LogP contribution in [0.5, 0.6) is 0 Å². The van der Waals surface area contributed by atoms with Gasteiger partial charge in [0.15, 0.2) is 5.13 Å². The second kappa shape index (κ2) is 11.6. The van der Waals surface area contributed by atoms with Gasteiger partial charge in [-0.1, -0.05) is 36.8 Å². The van der Waals surface area contributed by atoms with Gasteiger partial charge in [0.25, 0.3) is 5.91 Å². The molecule has 0 bridgehead atoms. The maximum absolute atomic E-state index is 13.1. The number of aromatic carboxylic acids is 1. The summed E-state index contributed by atoms with van der Waals surface area (Å²) < 4.78 is 39.3. The van der Waals surface area contributed by atoms with Crippen LogP contribution in [0, 0.1) is 0 Å². The number of unbranched alkanes of at least 4 members (excludes halogenated alkanes) is 1. The highest BCUT2D eigenvalue weighted by atomic mass is 32.1. The first kappa shape index (κ1) is 26.1. The lowest BCUT2D eigenvalue weighted by Gasteiger charge is -2.35. The molecular weight excluding hydrogens is 461 g/mol. The molecule has 8 nitrogen and oxygen atoms in total. The van der Waals surface area contributed by atoms with E-state index in [1.807, 2.05) is 11.8 Å². The molecule has 180 valence electrons. The first-order valence-electron chi connectivity index (χ1n) is 10.2. The number of primary amides is 1. The number of carboxylic acid groups (broad SMARTS) is 1. The normalized spacial score (nSPS) is 13.8. The van der Waals surface area contributed by atoms with E-state index in [4.69, 9.17) is 10.8 Å². The summed E-state index contributed by atoms with van der Waals surface area (Å²) in [5.74, 6) is -1.92. The number of thiazole rings is 1. The van der Waals surface area contributed by atoms with Crippen LogP contribution in [0.25, 0.3) is 0 Å². The number of rotatable bonds is 6. The summed E-state index contributed by atoms with van der Waals surface area (Å²) >= 11 is 1.02. The fraction of sp³-hybridized carbons (Fsp3) is 0.429. The molecule has 1 fully saturated rings. The van der Waals surface area contributed by atoms with Crippen molar-refractivity contribution in [3.8, 4) is 0 Å². The molecule has 1 aromatic carbocycles. The summed E-state index contributed by atoms with van der Waals surface area (Å²) in [5, 5.41) is 9.45. The third kappa shape index (κ3) is 7.45. The third-order valence-corrected chi connectivity index (χ3v) is 5.83. The predicted octanol–water partition coefficient (Wildman–Crippen LogP) is 3.48. The van der Waals surface area contributed by atoms with Gasteiger partial charge in [-0.3, -0.25) is 9.59 Å². The fourth-order valence-electron chi connectivity index (χ4n) is 3.05. The van der Waals surface area contributed by atoms with Crippen molar-refractivity contribution in [3.63, 3.8) is 0 Å². The standard InChI is InChI=1S/C16H14F3N3O3S.C5H11NO/c17-16(18,19)11-4-2-1-3-10(11)13(23)21-5-7-22(8-6-21)15-20-9-12(26-15)14(24)25;1-2-3-4-5(6)7/h1-4,9H,5-8H2,(H,24,25);2-4H2,1H3,(H2,6,7). The number of aromatic nitrogens is 1. The van der Waals surface area contributed by atoms with Crippen LogP contribution in [0.15, 0.2) is 30.5 Å². The third-order valence-electron chi connectivity index (χ3n) is 4.78. The summed E-state index contributed by atoms with van der Waals surface area (Å²) in [4.78, 5) is 40.8. The Morgan fingerprint density at radius 3 is 2.27 bits per heavy atom. The van der Waals surface area contributed by atoms with Crippen molar-refractivity contribution in [2.75, 3.05) is 31.1 Å². The smallest absolute Gasteiger partial charge is 0.417 e. The van der Waals surface area contributed by atoms with Crippen molar-refractivity contribution in [2.45, 2.75) is 32.4 Å². The van der Waals surface area contributed by atoms with Gasteiger partial charge in [-0.15, -0.1) is 0 Å². The summed E-state index contributed by atoms with van der Waals surface area (Å²) in [7, 11) is 0. The van der Waals surface area contributed by atoms with Gasteiger partial charge in [0.05, 0.1) is 17.3 Å². The molecule has 3 N–H and O–H groups in total. The number of carbonyl (C=O) groups is 3. The summed E-state index contributed by atoms with van der Waals surface area (Å²) in [6.45, 7) is 3.22. The molecule has 0 aliphatic carbocycles. The molecule has 3 rings (SSSR count). The zero-order chi connectivity index (χ0) is 24.6. The molecule has 1 saturated heterocycles. The lowest BCUT2D eigenvalue weighted by Crippen LogP contribution is -2.49. The molecular formula is C21H25F3N4O4S. The Morgan fingerprint density at radius 1 is 1.15 bits per heavy atom. The van der Waals surface area contributed by atoms with Crippen molar-refractivity contribution >= 4 is 34.3 Å². The zero-order valence-corrected chi connectivity index (χ0v) is 18.8. The molecule has 1 aliphatic heterocycles. The topological polar surface area (TPSA) is 117 Å². The maximum Gasteiger partial charge on any atom is 0.417 e. The second-order valence-electron chi connectivity index (χ2n) is 7.20. The summed E-state index contributed by atoms with van der Waals surface area (Å²) in [6, 6.07) is 4.73. The van der Waals surface area contributed by atoms with E-state index in [2.05, 4.69) is 4.98 Å². The Kier molecular flexibility index (Phi) is 9.21. The van der Waals surface area contributed by atoms with Gasteiger partial charge >= 0.3 is 12.1 Å². The predicted molar refractivity (Wildman–Crippen MR) is 117 cm³/mol. The van der Waals surface area contributed by atoms with Crippen LogP contribution in [0.3, 0.4) is 0 Å². The number of carbonyl (C=O) groups excluding carboxylic acids is 2. The number of hydrogen-bond acceptors (Lipinski definition) is 6. The van der Waals surface area contributed by atoms with E-state index in [0.29, 0.717) is 24.6 Å². The van der Waals surface area contributed by atoms with Crippen molar-refractivity contribution < 1.29 is 32.7 Å². The molecule has 12 heteroatoms. The molecule has 2 amide bonds. The molecule has 1 aliphatic rings. The largest absolute Gasteiger partial charge is 0.477 e. The van der Waals surface area contributed by atoms with Gasteiger partial charge in [-0.25, -0.2) is 9.78 Å². The van der Waals surface area contributed by atoms with Crippen molar-refractivity contribution in [1.82, 2.24) is 9.88 Å². The molecule has 33 heavy (non-hydrogen) atoms. The average molecular weight is 487 g/mol. The van der Waals surface area contributed by atoms with Crippen LogP contribution in [0.4, 0.5) is 18.3 Å². The lowest BCUT2D eigenvalue weighted by molar-refractivity contribution is -0.138. The molecule has 1 aromatic heterocycles. The summed E-state index contributed by atoms with van der Waals surface area (Å²) in [5.41, 5.74) is 3.53. The number of halogens is 3. The van der Waals surface area contributed by atoms with E-state index >= 15 is 0 Å². The van der Waals surface area contributed by atoms with E-state index in [0.717, 1.165) is 30.2 Å². The zero-order valence-electron chi connectivity index (χ0n) is 18.0.